The highest BCUT2D eigenvalue weighted by atomic mass is 35.5. The first kappa shape index (κ1) is 11.7. The molecule has 2 aromatic rings. The maximum absolute atomic E-state index is 5.68. The topological polar surface area (TPSA) is 38.2 Å². The first-order chi connectivity index (χ1) is 8.15. The summed E-state index contributed by atoms with van der Waals surface area (Å²) in [7, 11) is 3.95. The fraction of sp³-hybridized carbons (Fsp3) is 0.167. The third kappa shape index (κ3) is 3.07. The zero-order chi connectivity index (χ0) is 12.3. The van der Waals surface area contributed by atoms with Crippen molar-refractivity contribution >= 4 is 17.3 Å². The number of nitrogens with zero attached hydrogens (tertiary/aromatic N) is 3. The molecule has 2 rings (SSSR count). The van der Waals surface area contributed by atoms with Crippen LogP contribution in [0.3, 0.4) is 0 Å². The highest BCUT2D eigenvalue weighted by Gasteiger charge is 2.02. The number of hydrogen-bond acceptors (Lipinski definition) is 4. The van der Waals surface area contributed by atoms with E-state index in [1.54, 1.807) is 12.3 Å². The van der Waals surface area contributed by atoms with Crippen molar-refractivity contribution in [2.45, 2.75) is 0 Å². The van der Waals surface area contributed by atoms with Crippen LogP contribution in [0.5, 0.6) is 11.6 Å². The SMILES string of the molecule is CN(C)c1cccc(Oc2ccnc(Cl)n2)c1. The van der Waals surface area contributed by atoms with E-state index in [1.165, 1.54) is 0 Å². The Bertz CT molecular complexity index is 517. The number of rotatable bonds is 3. The van der Waals surface area contributed by atoms with Gasteiger partial charge < -0.3 is 9.64 Å². The third-order valence-corrected chi connectivity index (χ3v) is 2.34. The van der Waals surface area contributed by atoms with Gasteiger partial charge in [0.2, 0.25) is 11.2 Å². The number of hydrogen-bond donors (Lipinski definition) is 0. The molecule has 5 heteroatoms. The normalized spacial score (nSPS) is 10.1. The van der Waals surface area contributed by atoms with Gasteiger partial charge in [-0.2, -0.15) is 4.98 Å². The van der Waals surface area contributed by atoms with Gasteiger partial charge in [0.15, 0.2) is 0 Å². The first-order valence-electron chi connectivity index (χ1n) is 5.09. The lowest BCUT2D eigenvalue weighted by Crippen LogP contribution is -2.08. The number of halogens is 1. The van der Waals surface area contributed by atoms with E-state index in [2.05, 4.69) is 9.97 Å². The predicted molar refractivity (Wildman–Crippen MR) is 67.9 cm³/mol. The van der Waals surface area contributed by atoms with Gasteiger partial charge in [-0.1, -0.05) is 6.07 Å². The van der Waals surface area contributed by atoms with Crippen LogP contribution in [0.15, 0.2) is 36.5 Å². The molecule has 0 saturated carbocycles. The van der Waals surface area contributed by atoms with Crippen LogP contribution in [0.4, 0.5) is 5.69 Å². The minimum Gasteiger partial charge on any atom is -0.439 e. The molecule has 0 amide bonds. The standard InChI is InChI=1S/C12H12ClN3O/c1-16(2)9-4-3-5-10(8-9)17-11-6-7-14-12(13)15-11/h3-8H,1-2H3. The number of anilines is 1. The molecule has 0 bridgehead atoms. The Morgan fingerprint density at radius 2 is 2.06 bits per heavy atom. The molecule has 1 aromatic heterocycles. The first-order valence-corrected chi connectivity index (χ1v) is 5.47. The predicted octanol–water partition coefficient (Wildman–Crippen LogP) is 2.99. The maximum atomic E-state index is 5.68. The van der Waals surface area contributed by atoms with Gasteiger partial charge in [-0.15, -0.1) is 0 Å². The third-order valence-electron chi connectivity index (χ3n) is 2.16. The Kier molecular flexibility index (Phi) is 3.44. The molecule has 17 heavy (non-hydrogen) atoms. The molecule has 1 heterocycles. The fourth-order valence-corrected chi connectivity index (χ4v) is 1.46. The molecule has 0 N–H and O–H groups in total. The van der Waals surface area contributed by atoms with Crippen molar-refractivity contribution < 1.29 is 4.74 Å². The Hall–Kier alpha value is -1.81. The van der Waals surface area contributed by atoms with Crippen LogP contribution in [-0.2, 0) is 0 Å². The van der Waals surface area contributed by atoms with Crippen molar-refractivity contribution in [2.75, 3.05) is 19.0 Å². The highest BCUT2D eigenvalue weighted by molar-refractivity contribution is 6.28. The average molecular weight is 250 g/mol. The lowest BCUT2D eigenvalue weighted by molar-refractivity contribution is 0.461. The summed E-state index contributed by atoms with van der Waals surface area (Å²) < 4.78 is 5.59. The van der Waals surface area contributed by atoms with Crippen LogP contribution in [0, 0.1) is 0 Å². The zero-order valence-corrected chi connectivity index (χ0v) is 10.3. The average Bonchev–Trinajstić information content (AvgIpc) is 2.29. The lowest BCUT2D eigenvalue weighted by Gasteiger charge is -2.13. The van der Waals surface area contributed by atoms with Gasteiger partial charge in [0.1, 0.15) is 5.75 Å². The van der Waals surface area contributed by atoms with Gasteiger partial charge in [0, 0.05) is 38.1 Å². The smallest absolute Gasteiger partial charge is 0.225 e. The number of aromatic nitrogens is 2. The largest absolute Gasteiger partial charge is 0.439 e. The number of ether oxygens (including phenoxy) is 1. The Labute approximate surface area is 105 Å². The Balaban J connectivity index is 2.21. The quantitative estimate of drug-likeness (QED) is 0.784. The molecule has 0 aliphatic carbocycles. The van der Waals surface area contributed by atoms with Gasteiger partial charge in [-0.05, 0) is 23.7 Å². The molecule has 0 fully saturated rings. The molecular formula is C12H12ClN3O. The van der Waals surface area contributed by atoms with Crippen molar-refractivity contribution in [3.8, 4) is 11.6 Å². The fourth-order valence-electron chi connectivity index (χ4n) is 1.32. The van der Waals surface area contributed by atoms with Crippen LogP contribution in [-0.4, -0.2) is 24.1 Å². The van der Waals surface area contributed by atoms with Gasteiger partial charge in [0.05, 0.1) is 0 Å². The lowest BCUT2D eigenvalue weighted by atomic mass is 10.3. The van der Waals surface area contributed by atoms with E-state index >= 15 is 0 Å². The van der Waals surface area contributed by atoms with E-state index in [1.807, 2.05) is 43.3 Å². The summed E-state index contributed by atoms with van der Waals surface area (Å²) >= 11 is 5.68. The van der Waals surface area contributed by atoms with Gasteiger partial charge in [-0.25, -0.2) is 4.98 Å². The van der Waals surface area contributed by atoms with Crippen molar-refractivity contribution in [3.63, 3.8) is 0 Å². The Morgan fingerprint density at radius 1 is 1.24 bits per heavy atom. The van der Waals surface area contributed by atoms with Crippen LogP contribution >= 0.6 is 11.6 Å². The van der Waals surface area contributed by atoms with E-state index in [9.17, 15) is 0 Å². The molecular weight excluding hydrogens is 238 g/mol. The minimum atomic E-state index is 0.172. The molecule has 0 radical (unpaired) electrons. The van der Waals surface area contributed by atoms with Crippen molar-refractivity contribution in [1.82, 2.24) is 9.97 Å². The number of benzene rings is 1. The van der Waals surface area contributed by atoms with Crippen molar-refractivity contribution in [1.29, 1.82) is 0 Å². The van der Waals surface area contributed by atoms with Crippen LogP contribution < -0.4 is 9.64 Å². The second-order valence-electron chi connectivity index (χ2n) is 3.66. The maximum Gasteiger partial charge on any atom is 0.225 e. The molecule has 0 atom stereocenters. The van der Waals surface area contributed by atoms with E-state index in [0.717, 1.165) is 5.69 Å². The minimum absolute atomic E-state index is 0.172. The molecule has 1 aromatic carbocycles. The molecule has 4 nitrogen and oxygen atoms in total. The van der Waals surface area contributed by atoms with Crippen molar-refractivity contribution in [3.05, 3.63) is 41.8 Å². The Morgan fingerprint density at radius 3 is 2.76 bits per heavy atom. The summed E-state index contributed by atoms with van der Waals surface area (Å²) in [6, 6.07) is 9.38. The molecule has 0 saturated heterocycles. The van der Waals surface area contributed by atoms with E-state index in [4.69, 9.17) is 16.3 Å². The van der Waals surface area contributed by atoms with Gasteiger partial charge >= 0.3 is 0 Å². The summed E-state index contributed by atoms with van der Waals surface area (Å²) in [6.07, 6.45) is 1.56. The monoisotopic (exact) mass is 249 g/mol. The van der Waals surface area contributed by atoms with Crippen LogP contribution in [0.25, 0.3) is 0 Å². The summed E-state index contributed by atoms with van der Waals surface area (Å²) in [4.78, 5) is 9.75. The van der Waals surface area contributed by atoms with Gasteiger partial charge in [0.25, 0.3) is 0 Å². The summed E-state index contributed by atoms with van der Waals surface area (Å²) in [5.74, 6) is 1.15. The molecule has 88 valence electrons. The summed E-state index contributed by atoms with van der Waals surface area (Å²) in [5.41, 5.74) is 1.06. The molecule has 0 aliphatic rings. The molecule has 0 aliphatic heterocycles. The van der Waals surface area contributed by atoms with E-state index < -0.39 is 0 Å². The molecule has 0 spiro atoms. The van der Waals surface area contributed by atoms with E-state index in [-0.39, 0.29) is 5.28 Å². The van der Waals surface area contributed by atoms with Gasteiger partial charge in [-0.3, -0.25) is 0 Å². The molecule has 0 unspecified atom stereocenters. The second kappa shape index (κ2) is 5.01. The van der Waals surface area contributed by atoms with E-state index in [0.29, 0.717) is 11.6 Å². The summed E-state index contributed by atoms with van der Waals surface area (Å²) in [5, 5.41) is 0.172. The zero-order valence-electron chi connectivity index (χ0n) is 9.59. The van der Waals surface area contributed by atoms with Crippen LogP contribution in [0.1, 0.15) is 0 Å². The highest BCUT2D eigenvalue weighted by Crippen LogP contribution is 2.24. The second-order valence-corrected chi connectivity index (χ2v) is 4.00. The summed E-state index contributed by atoms with van der Waals surface area (Å²) in [6.45, 7) is 0. The van der Waals surface area contributed by atoms with Crippen molar-refractivity contribution in [2.24, 2.45) is 0 Å². The van der Waals surface area contributed by atoms with Crippen LogP contribution in [0.2, 0.25) is 5.28 Å².